The molecule has 1 aromatic carbocycles. The lowest BCUT2D eigenvalue weighted by Gasteiger charge is -2.25. The highest BCUT2D eigenvalue weighted by Crippen LogP contribution is 2.07. The lowest BCUT2D eigenvalue weighted by Crippen LogP contribution is -2.58. The third-order valence-corrected chi connectivity index (χ3v) is 5.36. The van der Waals surface area contributed by atoms with Crippen LogP contribution in [0.3, 0.4) is 0 Å². The summed E-state index contributed by atoms with van der Waals surface area (Å²) in [4.78, 5) is 67.8. The molecule has 0 saturated carbocycles. The molecule has 2 rings (SSSR count). The number of hydrogen-bond donors (Lipinski definition) is 8. The average molecular weight is 518 g/mol. The van der Waals surface area contributed by atoms with Gasteiger partial charge >= 0.3 is 5.97 Å². The molecular formula is C23H31N7O7. The average Bonchev–Trinajstić information content (AvgIpc) is 3.38. The van der Waals surface area contributed by atoms with E-state index >= 15 is 0 Å². The molecular weight excluding hydrogens is 486 g/mol. The van der Waals surface area contributed by atoms with E-state index in [4.69, 9.17) is 11.5 Å². The Balaban J connectivity index is 2.23. The van der Waals surface area contributed by atoms with E-state index in [9.17, 15) is 34.2 Å². The number of H-pyrrole nitrogens is 1. The summed E-state index contributed by atoms with van der Waals surface area (Å²) < 4.78 is 0. The fourth-order valence-corrected chi connectivity index (χ4v) is 3.32. The molecule has 0 aliphatic rings. The number of aliphatic hydroxyl groups excluding tert-OH is 1. The summed E-state index contributed by atoms with van der Waals surface area (Å²) in [6.07, 6.45) is 2.65. The number of rotatable bonds is 15. The van der Waals surface area contributed by atoms with Crippen LogP contribution in [0.1, 0.15) is 24.1 Å². The molecule has 4 amide bonds. The molecule has 37 heavy (non-hydrogen) atoms. The Kier molecular flexibility index (Phi) is 11.2. The molecule has 0 aliphatic heterocycles. The fourth-order valence-electron chi connectivity index (χ4n) is 3.32. The monoisotopic (exact) mass is 517 g/mol. The Bertz CT molecular complexity index is 1060. The summed E-state index contributed by atoms with van der Waals surface area (Å²) in [6.45, 7) is -0.852. The Morgan fingerprint density at radius 2 is 1.51 bits per heavy atom. The van der Waals surface area contributed by atoms with Crippen molar-refractivity contribution in [2.24, 2.45) is 11.5 Å². The van der Waals surface area contributed by atoms with Gasteiger partial charge in [0.15, 0.2) is 0 Å². The van der Waals surface area contributed by atoms with Crippen LogP contribution in [0.15, 0.2) is 42.9 Å². The van der Waals surface area contributed by atoms with Crippen LogP contribution in [0.25, 0.3) is 0 Å². The summed E-state index contributed by atoms with van der Waals surface area (Å²) in [5, 5.41) is 25.7. The normalized spacial score (nSPS) is 14.0. The van der Waals surface area contributed by atoms with Crippen LogP contribution >= 0.6 is 0 Å². The third-order valence-electron chi connectivity index (χ3n) is 5.36. The number of nitrogens with zero attached hydrogens (tertiary/aromatic N) is 1. The summed E-state index contributed by atoms with van der Waals surface area (Å²) in [5.74, 6) is -4.39. The van der Waals surface area contributed by atoms with Crippen molar-refractivity contribution < 1.29 is 34.2 Å². The van der Waals surface area contributed by atoms with Crippen LogP contribution in [0.5, 0.6) is 0 Å². The van der Waals surface area contributed by atoms with Crippen molar-refractivity contribution >= 4 is 29.6 Å². The van der Waals surface area contributed by atoms with Crippen molar-refractivity contribution in [3.8, 4) is 0 Å². The number of aromatic amines is 1. The SMILES string of the molecule is NC(=O)CCC(N)C(=O)NC(Cc1cnc[nH]1)C(=O)NC(Cc1ccccc1)C(=O)NC(CO)C(=O)O. The van der Waals surface area contributed by atoms with E-state index < -0.39 is 60.4 Å². The lowest BCUT2D eigenvalue weighted by molar-refractivity contribution is -0.143. The van der Waals surface area contributed by atoms with E-state index in [0.717, 1.165) is 0 Å². The first-order valence-electron chi connectivity index (χ1n) is 11.4. The smallest absolute Gasteiger partial charge is 0.328 e. The number of hydrogen-bond acceptors (Lipinski definition) is 8. The minimum absolute atomic E-state index is 0.000962. The van der Waals surface area contributed by atoms with Crippen LogP contribution in [0, 0.1) is 0 Å². The van der Waals surface area contributed by atoms with Crippen molar-refractivity contribution in [3.05, 3.63) is 54.1 Å². The van der Waals surface area contributed by atoms with Gasteiger partial charge in [0.25, 0.3) is 0 Å². The third kappa shape index (κ3) is 9.70. The summed E-state index contributed by atoms with van der Waals surface area (Å²) in [6, 6.07) is 3.52. The Morgan fingerprint density at radius 3 is 2.05 bits per heavy atom. The number of carbonyl (C=O) groups is 5. The molecule has 14 heteroatoms. The second kappa shape index (κ2) is 14.3. The van der Waals surface area contributed by atoms with Crippen molar-refractivity contribution in [2.45, 2.75) is 49.9 Å². The summed E-state index contributed by atoms with van der Waals surface area (Å²) in [5.41, 5.74) is 12.1. The highest BCUT2D eigenvalue weighted by atomic mass is 16.4. The number of imidazole rings is 1. The molecule has 0 spiro atoms. The molecule has 14 nitrogen and oxygen atoms in total. The first-order valence-corrected chi connectivity index (χ1v) is 11.4. The molecule has 4 atom stereocenters. The molecule has 1 heterocycles. The zero-order valence-corrected chi connectivity index (χ0v) is 19.9. The number of benzene rings is 1. The first-order chi connectivity index (χ1) is 17.6. The van der Waals surface area contributed by atoms with Gasteiger partial charge in [-0.25, -0.2) is 9.78 Å². The molecule has 2 aromatic rings. The lowest BCUT2D eigenvalue weighted by atomic mass is 10.0. The summed E-state index contributed by atoms with van der Waals surface area (Å²) >= 11 is 0. The number of carboxylic acid groups (broad SMARTS) is 1. The number of primary amides is 1. The van der Waals surface area contributed by atoms with Gasteiger partial charge in [-0.15, -0.1) is 0 Å². The van der Waals surface area contributed by atoms with Gasteiger partial charge < -0.3 is 42.6 Å². The van der Waals surface area contributed by atoms with Crippen LogP contribution in [0.2, 0.25) is 0 Å². The van der Waals surface area contributed by atoms with E-state index in [1.165, 1.54) is 12.5 Å². The van der Waals surface area contributed by atoms with E-state index in [2.05, 4.69) is 25.9 Å². The second-order valence-corrected chi connectivity index (χ2v) is 8.29. The van der Waals surface area contributed by atoms with Crippen molar-refractivity contribution in [2.75, 3.05) is 6.61 Å². The van der Waals surface area contributed by atoms with Crippen LogP contribution in [0.4, 0.5) is 0 Å². The largest absolute Gasteiger partial charge is 0.480 e. The van der Waals surface area contributed by atoms with Crippen molar-refractivity contribution in [1.82, 2.24) is 25.9 Å². The van der Waals surface area contributed by atoms with Crippen LogP contribution in [-0.4, -0.2) is 80.6 Å². The zero-order valence-electron chi connectivity index (χ0n) is 19.9. The molecule has 0 radical (unpaired) electrons. The number of aromatic nitrogens is 2. The minimum Gasteiger partial charge on any atom is -0.480 e. The molecule has 200 valence electrons. The molecule has 0 saturated heterocycles. The topological polar surface area (TPSA) is 243 Å². The molecule has 4 unspecified atom stereocenters. The highest BCUT2D eigenvalue weighted by molar-refractivity contribution is 5.94. The standard InChI is InChI=1S/C23H31N7O7/c24-15(6-7-19(25)32)20(33)28-17(9-14-10-26-12-27-14)22(35)29-16(8-13-4-2-1-3-5-13)21(34)30-18(11-31)23(36)37/h1-5,10,12,15-18,31H,6-9,11,24H2,(H2,25,32)(H,26,27)(H,28,33)(H,29,35)(H,30,34)(H,36,37). The molecule has 1 aromatic heterocycles. The molecule has 0 bridgehead atoms. The van der Waals surface area contributed by atoms with Gasteiger partial charge in [-0.2, -0.15) is 0 Å². The predicted molar refractivity (Wildman–Crippen MR) is 129 cm³/mol. The van der Waals surface area contributed by atoms with E-state index in [1.807, 2.05) is 0 Å². The van der Waals surface area contributed by atoms with Gasteiger partial charge in [-0.05, 0) is 12.0 Å². The van der Waals surface area contributed by atoms with Gasteiger partial charge in [0.05, 0.1) is 19.0 Å². The maximum Gasteiger partial charge on any atom is 0.328 e. The molecule has 0 aliphatic carbocycles. The van der Waals surface area contributed by atoms with Gasteiger partial charge in [0, 0.05) is 31.2 Å². The first kappa shape index (κ1) is 28.9. The number of nitrogens with one attached hydrogen (secondary N) is 4. The Labute approximate surface area is 212 Å². The van der Waals surface area contributed by atoms with Gasteiger partial charge in [-0.3, -0.25) is 19.2 Å². The maximum absolute atomic E-state index is 13.3. The van der Waals surface area contributed by atoms with Gasteiger partial charge in [-0.1, -0.05) is 30.3 Å². The maximum atomic E-state index is 13.3. The number of aliphatic carboxylic acids is 1. The molecule has 10 N–H and O–H groups in total. The van der Waals surface area contributed by atoms with E-state index in [-0.39, 0.29) is 25.7 Å². The van der Waals surface area contributed by atoms with Crippen molar-refractivity contribution in [3.63, 3.8) is 0 Å². The van der Waals surface area contributed by atoms with E-state index in [1.54, 1.807) is 30.3 Å². The predicted octanol–water partition coefficient (Wildman–Crippen LogP) is -2.68. The zero-order chi connectivity index (χ0) is 27.4. The van der Waals surface area contributed by atoms with E-state index in [0.29, 0.717) is 11.3 Å². The summed E-state index contributed by atoms with van der Waals surface area (Å²) in [7, 11) is 0. The minimum atomic E-state index is -1.58. The number of carboxylic acids is 1. The number of aliphatic hydroxyl groups is 1. The quantitative estimate of drug-likeness (QED) is 0.122. The second-order valence-electron chi connectivity index (χ2n) is 8.29. The van der Waals surface area contributed by atoms with Gasteiger partial charge in [0.2, 0.25) is 23.6 Å². The number of carbonyl (C=O) groups excluding carboxylic acids is 4. The highest BCUT2D eigenvalue weighted by Gasteiger charge is 2.30. The van der Waals surface area contributed by atoms with Crippen molar-refractivity contribution in [1.29, 1.82) is 0 Å². The number of amides is 4. The Morgan fingerprint density at radius 1 is 0.919 bits per heavy atom. The molecule has 0 fully saturated rings. The van der Waals surface area contributed by atoms with Crippen LogP contribution in [-0.2, 0) is 36.8 Å². The Hall–Kier alpha value is -4.30. The van der Waals surface area contributed by atoms with Crippen LogP contribution < -0.4 is 27.4 Å². The fraction of sp³-hybridized carbons (Fsp3) is 0.391. The number of nitrogens with two attached hydrogens (primary N) is 2. The van der Waals surface area contributed by atoms with Gasteiger partial charge in [0.1, 0.15) is 18.1 Å².